The zero-order chi connectivity index (χ0) is 18.8. The number of carbonyl (C=O) groups excluding carboxylic acids is 2. The zero-order valence-corrected chi connectivity index (χ0v) is 16.5. The van der Waals surface area contributed by atoms with Gasteiger partial charge in [0.15, 0.2) is 5.82 Å². The maximum atomic E-state index is 13.2. The van der Waals surface area contributed by atoms with Crippen LogP contribution in [0.15, 0.2) is 0 Å². The third-order valence-corrected chi connectivity index (χ3v) is 6.41. The molecular weight excluding hydrogens is 340 g/mol. The highest BCUT2D eigenvalue weighted by atomic mass is 16.2. The second-order valence-electron chi connectivity index (χ2n) is 8.65. The highest BCUT2D eigenvalue weighted by molar-refractivity contribution is 5.97. The first kappa shape index (κ1) is 18.5. The van der Waals surface area contributed by atoms with Gasteiger partial charge in [0.05, 0.1) is 5.69 Å². The molecule has 148 valence electrons. The Balaban J connectivity index is 1.57. The lowest BCUT2D eigenvalue weighted by Crippen LogP contribution is -2.39. The summed E-state index contributed by atoms with van der Waals surface area (Å²) >= 11 is 0. The molecule has 0 spiro atoms. The molecule has 0 aromatic carbocycles. The molecule has 1 unspecified atom stereocenters. The molecule has 1 saturated carbocycles. The minimum atomic E-state index is -0.101. The van der Waals surface area contributed by atoms with E-state index in [9.17, 15) is 9.59 Å². The van der Waals surface area contributed by atoms with E-state index in [0.29, 0.717) is 17.4 Å². The van der Waals surface area contributed by atoms with E-state index in [4.69, 9.17) is 0 Å². The number of fused-ring (bicyclic) bond motifs is 1. The summed E-state index contributed by atoms with van der Waals surface area (Å²) in [5.74, 6) is 0.902. The molecule has 0 radical (unpaired) electrons. The fraction of sp³-hybridized carbons (Fsp3) is 0.762. The number of aromatic nitrogens is 2. The predicted octanol–water partition coefficient (Wildman–Crippen LogP) is 3.15. The first-order valence-electron chi connectivity index (χ1n) is 10.8. The molecule has 3 aliphatic rings. The van der Waals surface area contributed by atoms with E-state index in [-0.39, 0.29) is 17.9 Å². The highest BCUT2D eigenvalue weighted by Gasteiger charge is 2.32. The van der Waals surface area contributed by atoms with Crippen molar-refractivity contribution in [3.8, 4) is 0 Å². The Labute approximate surface area is 161 Å². The summed E-state index contributed by atoms with van der Waals surface area (Å²) < 4.78 is 2.02. The lowest BCUT2D eigenvalue weighted by atomic mass is 9.95. The number of piperidine rings is 1. The second-order valence-corrected chi connectivity index (χ2v) is 8.65. The van der Waals surface area contributed by atoms with Gasteiger partial charge in [-0.25, -0.2) is 4.98 Å². The summed E-state index contributed by atoms with van der Waals surface area (Å²) in [4.78, 5) is 32.6. The average molecular weight is 373 g/mol. The van der Waals surface area contributed by atoms with Crippen molar-refractivity contribution < 1.29 is 9.59 Å². The van der Waals surface area contributed by atoms with Crippen molar-refractivity contribution in [2.24, 2.45) is 5.92 Å². The molecule has 1 aliphatic carbocycles. The van der Waals surface area contributed by atoms with Gasteiger partial charge in [-0.2, -0.15) is 0 Å². The van der Waals surface area contributed by atoms with Crippen LogP contribution in [-0.4, -0.2) is 45.4 Å². The number of likely N-dealkylation sites (tertiary alicyclic amines) is 1. The third kappa shape index (κ3) is 3.90. The van der Waals surface area contributed by atoms with Crippen molar-refractivity contribution in [3.05, 3.63) is 17.2 Å². The van der Waals surface area contributed by atoms with Crippen molar-refractivity contribution in [1.29, 1.82) is 0 Å². The van der Waals surface area contributed by atoms with Crippen molar-refractivity contribution >= 4 is 11.8 Å². The van der Waals surface area contributed by atoms with E-state index < -0.39 is 0 Å². The Kier molecular flexibility index (Phi) is 5.50. The summed E-state index contributed by atoms with van der Waals surface area (Å²) in [6, 6.07) is 0.255. The summed E-state index contributed by atoms with van der Waals surface area (Å²) in [5, 5.41) is 3.18. The number of nitrogens with zero attached hydrogens (tertiary/aromatic N) is 3. The summed E-state index contributed by atoms with van der Waals surface area (Å²) in [7, 11) is 0. The molecule has 1 aromatic rings. The Hall–Kier alpha value is -1.85. The van der Waals surface area contributed by atoms with Crippen LogP contribution in [0.3, 0.4) is 0 Å². The molecule has 6 heteroatoms. The lowest BCUT2D eigenvalue weighted by Gasteiger charge is -2.30. The minimum Gasteiger partial charge on any atom is -0.347 e. The minimum absolute atomic E-state index is 0.0175. The van der Waals surface area contributed by atoms with Crippen LogP contribution in [-0.2, 0) is 13.0 Å². The standard InChI is InChI=1S/C21H32N4O2/c1-15-8-7-12-24(14-15)21(27)18-17-11-5-6-13-25(17)19(23-18)20(26)22-16-9-3-2-4-10-16/h15-16H,2-14H2,1H3,(H,22,26). The molecule has 2 aliphatic heterocycles. The monoisotopic (exact) mass is 372 g/mol. The van der Waals surface area contributed by atoms with Gasteiger partial charge in [-0.15, -0.1) is 0 Å². The molecule has 3 heterocycles. The van der Waals surface area contributed by atoms with Crippen LogP contribution in [0.2, 0.25) is 0 Å². The summed E-state index contributed by atoms with van der Waals surface area (Å²) in [5.41, 5.74) is 1.50. The van der Waals surface area contributed by atoms with E-state index in [1.165, 1.54) is 25.7 Å². The van der Waals surface area contributed by atoms with Gasteiger partial charge in [0, 0.05) is 25.7 Å². The Morgan fingerprint density at radius 3 is 2.59 bits per heavy atom. The van der Waals surface area contributed by atoms with Gasteiger partial charge in [-0.1, -0.05) is 26.2 Å². The molecule has 1 aromatic heterocycles. The third-order valence-electron chi connectivity index (χ3n) is 6.41. The Morgan fingerprint density at radius 2 is 1.81 bits per heavy atom. The van der Waals surface area contributed by atoms with Crippen LogP contribution in [0.25, 0.3) is 0 Å². The van der Waals surface area contributed by atoms with Gasteiger partial charge >= 0.3 is 0 Å². The maximum Gasteiger partial charge on any atom is 0.287 e. The number of imidazole rings is 1. The molecule has 0 bridgehead atoms. The molecule has 1 atom stereocenters. The molecule has 1 saturated heterocycles. The molecule has 6 nitrogen and oxygen atoms in total. The quantitative estimate of drug-likeness (QED) is 0.886. The van der Waals surface area contributed by atoms with Crippen molar-refractivity contribution in [2.45, 2.75) is 83.7 Å². The van der Waals surface area contributed by atoms with E-state index in [0.717, 1.165) is 63.9 Å². The maximum absolute atomic E-state index is 13.2. The topological polar surface area (TPSA) is 67.2 Å². The van der Waals surface area contributed by atoms with Gasteiger partial charge in [-0.3, -0.25) is 9.59 Å². The molecule has 1 N–H and O–H groups in total. The number of nitrogens with one attached hydrogen (secondary N) is 1. The summed E-state index contributed by atoms with van der Waals surface area (Å²) in [6.45, 7) is 4.60. The zero-order valence-electron chi connectivity index (χ0n) is 16.5. The van der Waals surface area contributed by atoms with E-state index in [2.05, 4.69) is 17.2 Å². The Bertz CT molecular complexity index is 705. The van der Waals surface area contributed by atoms with Crippen molar-refractivity contribution in [2.75, 3.05) is 13.1 Å². The SMILES string of the molecule is CC1CCCN(C(=O)c2nc(C(=O)NC3CCCCC3)n3c2CCCC3)C1. The van der Waals surface area contributed by atoms with E-state index in [1.807, 2.05) is 9.47 Å². The van der Waals surface area contributed by atoms with Crippen LogP contribution in [0.1, 0.15) is 91.5 Å². The normalized spacial score (nSPS) is 23.7. The van der Waals surface area contributed by atoms with Gasteiger partial charge in [-0.05, 0) is 50.9 Å². The van der Waals surface area contributed by atoms with E-state index in [1.54, 1.807) is 0 Å². The fourth-order valence-electron chi connectivity index (χ4n) is 4.91. The first-order valence-corrected chi connectivity index (χ1v) is 10.8. The number of rotatable bonds is 3. The van der Waals surface area contributed by atoms with Crippen molar-refractivity contribution in [3.63, 3.8) is 0 Å². The number of carbonyl (C=O) groups is 2. The summed E-state index contributed by atoms with van der Waals surface area (Å²) in [6.07, 6.45) is 10.9. The van der Waals surface area contributed by atoms with Crippen molar-refractivity contribution in [1.82, 2.24) is 19.8 Å². The van der Waals surface area contributed by atoms with Gasteiger partial charge in [0.1, 0.15) is 5.69 Å². The van der Waals surface area contributed by atoms with E-state index >= 15 is 0 Å². The molecule has 4 rings (SSSR count). The van der Waals surface area contributed by atoms with Crippen LogP contribution in [0.5, 0.6) is 0 Å². The van der Waals surface area contributed by atoms with Crippen LogP contribution in [0.4, 0.5) is 0 Å². The largest absolute Gasteiger partial charge is 0.347 e. The second kappa shape index (κ2) is 8.03. The van der Waals surface area contributed by atoms with Gasteiger partial charge in [0.2, 0.25) is 0 Å². The number of amides is 2. The number of hydrogen-bond donors (Lipinski definition) is 1. The van der Waals surface area contributed by atoms with Gasteiger partial charge in [0.25, 0.3) is 11.8 Å². The fourth-order valence-corrected chi connectivity index (χ4v) is 4.91. The van der Waals surface area contributed by atoms with Crippen LogP contribution < -0.4 is 5.32 Å². The molecule has 2 amide bonds. The molecule has 27 heavy (non-hydrogen) atoms. The van der Waals surface area contributed by atoms with Gasteiger partial charge < -0.3 is 14.8 Å². The van der Waals surface area contributed by atoms with Crippen LogP contribution >= 0.6 is 0 Å². The van der Waals surface area contributed by atoms with Crippen LogP contribution in [0, 0.1) is 5.92 Å². The highest BCUT2D eigenvalue weighted by Crippen LogP contribution is 2.25. The molecule has 2 fully saturated rings. The Morgan fingerprint density at radius 1 is 1.00 bits per heavy atom. The average Bonchev–Trinajstić information content (AvgIpc) is 3.08. The molecular formula is C21H32N4O2. The lowest BCUT2D eigenvalue weighted by molar-refractivity contribution is 0.0676. The predicted molar refractivity (Wildman–Crippen MR) is 104 cm³/mol. The number of hydrogen-bond acceptors (Lipinski definition) is 3. The smallest absolute Gasteiger partial charge is 0.287 e. The first-order chi connectivity index (χ1) is 13.1.